The van der Waals surface area contributed by atoms with E-state index in [0.717, 1.165) is 11.1 Å². The molecule has 0 saturated heterocycles. The predicted octanol–water partition coefficient (Wildman–Crippen LogP) is 6.94. The quantitative estimate of drug-likeness (QED) is 0.451. The molecule has 0 aromatic heterocycles. The second-order valence-electron chi connectivity index (χ2n) is 6.82. The lowest BCUT2D eigenvalue weighted by Gasteiger charge is -2.23. The SMILES string of the molecule is FC(F)=C(CC(c1ccccc1)c1ccc2c(c1)OCCO2)c1cccc(Cl)c1. The van der Waals surface area contributed by atoms with Crippen molar-refractivity contribution in [3.63, 3.8) is 0 Å². The Kier molecular flexibility index (Phi) is 5.81. The lowest BCUT2D eigenvalue weighted by atomic mass is 9.84. The number of allylic oxidation sites excluding steroid dienone is 1. The lowest BCUT2D eigenvalue weighted by molar-refractivity contribution is 0.171. The molecule has 3 aromatic carbocycles. The van der Waals surface area contributed by atoms with Crippen LogP contribution < -0.4 is 9.47 Å². The number of rotatable bonds is 5. The third-order valence-corrected chi connectivity index (χ3v) is 5.22. The summed E-state index contributed by atoms with van der Waals surface area (Å²) < 4.78 is 39.2. The standard InChI is InChI=1S/C24H19ClF2O2/c25-19-8-4-7-17(13-19)21(24(26)27)15-20(16-5-2-1-3-6-16)18-9-10-22-23(14-18)29-12-11-28-22/h1-10,13-14,20H,11-12,15H2. The fourth-order valence-electron chi connectivity index (χ4n) is 3.57. The van der Waals surface area contributed by atoms with Gasteiger partial charge in [-0.1, -0.05) is 60.1 Å². The number of hydrogen-bond donors (Lipinski definition) is 0. The molecular formula is C24H19ClF2O2. The zero-order valence-electron chi connectivity index (χ0n) is 15.6. The maximum atomic E-state index is 14.0. The summed E-state index contributed by atoms with van der Waals surface area (Å²) in [6.45, 7) is 0.975. The molecule has 29 heavy (non-hydrogen) atoms. The Morgan fingerprint density at radius 1 is 0.828 bits per heavy atom. The summed E-state index contributed by atoms with van der Waals surface area (Å²) in [5.41, 5.74) is 2.25. The van der Waals surface area contributed by atoms with E-state index < -0.39 is 6.08 Å². The molecule has 0 radical (unpaired) electrons. The van der Waals surface area contributed by atoms with Crippen LogP contribution >= 0.6 is 11.6 Å². The van der Waals surface area contributed by atoms with Crippen LogP contribution in [-0.2, 0) is 0 Å². The Balaban J connectivity index is 1.76. The molecule has 0 aliphatic carbocycles. The van der Waals surface area contributed by atoms with E-state index >= 15 is 0 Å². The van der Waals surface area contributed by atoms with Crippen molar-refractivity contribution in [2.45, 2.75) is 12.3 Å². The number of fused-ring (bicyclic) bond motifs is 1. The van der Waals surface area contributed by atoms with E-state index in [1.807, 2.05) is 48.5 Å². The molecule has 0 spiro atoms. The number of ether oxygens (including phenoxy) is 2. The minimum Gasteiger partial charge on any atom is -0.486 e. The molecule has 0 N–H and O–H groups in total. The minimum atomic E-state index is -1.70. The topological polar surface area (TPSA) is 18.5 Å². The van der Waals surface area contributed by atoms with Gasteiger partial charge in [0, 0.05) is 16.5 Å². The van der Waals surface area contributed by atoms with E-state index in [9.17, 15) is 8.78 Å². The molecule has 0 saturated carbocycles. The largest absolute Gasteiger partial charge is 0.486 e. The number of halogens is 3. The summed E-state index contributed by atoms with van der Waals surface area (Å²) in [5, 5.41) is 0.428. The van der Waals surface area contributed by atoms with Gasteiger partial charge in [0.1, 0.15) is 13.2 Å². The third-order valence-electron chi connectivity index (χ3n) is 4.98. The first-order valence-corrected chi connectivity index (χ1v) is 9.74. The van der Waals surface area contributed by atoms with Crippen LogP contribution in [-0.4, -0.2) is 13.2 Å². The Morgan fingerprint density at radius 2 is 1.59 bits per heavy atom. The van der Waals surface area contributed by atoms with E-state index in [2.05, 4.69) is 0 Å². The molecule has 0 amide bonds. The van der Waals surface area contributed by atoms with Crippen molar-refractivity contribution in [1.29, 1.82) is 0 Å². The summed E-state index contributed by atoms with van der Waals surface area (Å²) >= 11 is 6.05. The Morgan fingerprint density at radius 3 is 2.31 bits per heavy atom. The van der Waals surface area contributed by atoms with Crippen LogP contribution in [0, 0.1) is 0 Å². The Bertz CT molecular complexity index is 1030. The zero-order chi connectivity index (χ0) is 20.2. The molecule has 2 nitrogen and oxygen atoms in total. The fourth-order valence-corrected chi connectivity index (χ4v) is 3.76. The summed E-state index contributed by atoms with van der Waals surface area (Å²) in [7, 11) is 0. The van der Waals surface area contributed by atoms with Crippen molar-refractivity contribution in [1.82, 2.24) is 0 Å². The summed E-state index contributed by atoms with van der Waals surface area (Å²) in [6.07, 6.45) is -1.57. The summed E-state index contributed by atoms with van der Waals surface area (Å²) in [6, 6.07) is 21.9. The van der Waals surface area contributed by atoms with Gasteiger partial charge < -0.3 is 9.47 Å². The van der Waals surface area contributed by atoms with Gasteiger partial charge in [0.2, 0.25) is 0 Å². The zero-order valence-corrected chi connectivity index (χ0v) is 16.3. The lowest BCUT2D eigenvalue weighted by Crippen LogP contribution is -2.15. The monoisotopic (exact) mass is 412 g/mol. The highest BCUT2D eigenvalue weighted by molar-refractivity contribution is 6.30. The molecule has 5 heteroatoms. The van der Waals surface area contributed by atoms with Crippen molar-refractivity contribution in [3.8, 4) is 11.5 Å². The smallest absolute Gasteiger partial charge is 0.274 e. The average Bonchev–Trinajstić information content (AvgIpc) is 2.74. The second kappa shape index (κ2) is 8.66. The highest BCUT2D eigenvalue weighted by Crippen LogP contribution is 2.40. The maximum absolute atomic E-state index is 14.0. The van der Waals surface area contributed by atoms with Crippen LogP contribution in [0.5, 0.6) is 11.5 Å². The molecule has 1 heterocycles. The van der Waals surface area contributed by atoms with Crippen molar-refractivity contribution in [3.05, 3.63) is 101 Å². The van der Waals surface area contributed by atoms with Gasteiger partial charge >= 0.3 is 0 Å². The molecule has 4 rings (SSSR count). The normalized spacial score (nSPS) is 13.6. The van der Waals surface area contributed by atoms with E-state index in [0.29, 0.717) is 35.3 Å². The van der Waals surface area contributed by atoms with Crippen LogP contribution in [0.15, 0.2) is 78.9 Å². The molecule has 1 unspecified atom stereocenters. The first-order valence-electron chi connectivity index (χ1n) is 9.36. The van der Waals surface area contributed by atoms with Gasteiger partial charge in [-0.2, -0.15) is 8.78 Å². The maximum Gasteiger partial charge on any atom is 0.274 e. The van der Waals surface area contributed by atoms with Crippen molar-refractivity contribution >= 4 is 17.2 Å². The van der Waals surface area contributed by atoms with Crippen LogP contribution in [0.1, 0.15) is 29.0 Å². The molecule has 0 fully saturated rings. The van der Waals surface area contributed by atoms with Gasteiger partial charge in [0.15, 0.2) is 11.5 Å². The summed E-state index contributed by atoms with van der Waals surface area (Å²) in [5.74, 6) is 1.04. The van der Waals surface area contributed by atoms with Gasteiger partial charge in [0.05, 0.1) is 0 Å². The predicted molar refractivity (Wildman–Crippen MR) is 111 cm³/mol. The highest BCUT2D eigenvalue weighted by atomic mass is 35.5. The molecule has 1 aliphatic heterocycles. The molecule has 1 aliphatic rings. The second-order valence-corrected chi connectivity index (χ2v) is 7.26. The van der Waals surface area contributed by atoms with E-state index in [-0.39, 0.29) is 17.9 Å². The van der Waals surface area contributed by atoms with Gasteiger partial charge in [-0.15, -0.1) is 0 Å². The average molecular weight is 413 g/mol. The van der Waals surface area contributed by atoms with Crippen molar-refractivity contribution < 1.29 is 18.3 Å². The summed E-state index contributed by atoms with van der Waals surface area (Å²) in [4.78, 5) is 0. The number of hydrogen-bond acceptors (Lipinski definition) is 2. The first-order chi connectivity index (χ1) is 14.1. The van der Waals surface area contributed by atoms with Gasteiger partial charge in [-0.05, 0) is 47.4 Å². The molecule has 1 atom stereocenters. The van der Waals surface area contributed by atoms with E-state index in [1.165, 1.54) is 0 Å². The molecular weight excluding hydrogens is 394 g/mol. The minimum absolute atomic E-state index is 0.0174. The molecule has 3 aromatic rings. The van der Waals surface area contributed by atoms with Crippen LogP contribution in [0.4, 0.5) is 8.78 Å². The Labute approximate surface area is 173 Å². The van der Waals surface area contributed by atoms with Crippen LogP contribution in [0.2, 0.25) is 5.02 Å². The Hall–Kier alpha value is -2.85. The number of benzene rings is 3. The van der Waals surface area contributed by atoms with E-state index in [1.54, 1.807) is 24.3 Å². The van der Waals surface area contributed by atoms with Crippen LogP contribution in [0.25, 0.3) is 5.57 Å². The van der Waals surface area contributed by atoms with Gasteiger partial charge in [-0.3, -0.25) is 0 Å². The fraction of sp³-hybridized carbons (Fsp3) is 0.167. The molecule has 0 bridgehead atoms. The van der Waals surface area contributed by atoms with E-state index in [4.69, 9.17) is 21.1 Å². The van der Waals surface area contributed by atoms with Gasteiger partial charge in [-0.25, -0.2) is 0 Å². The van der Waals surface area contributed by atoms with Crippen molar-refractivity contribution in [2.24, 2.45) is 0 Å². The van der Waals surface area contributed by atoms with Crippen LogP contribution in [0.3, 0.4) is 0 Å². The first kappa shape index (κ1) is 19.5. The van der Waals surface area contributed by atoms with Crippen molar-refractivity contribution in [2.75, 3.05) is 13.2 Å². The third kappa shape index (κ3) is 4.43. The van der Waals surface area contributed by atoms with Gasteiger partial charge in [0.25, 0.3) is 6.08 Å². The molecule has 148 valence electrons. The highest BCUT2D eigenvalue weighted by Gasteiger charge is 2.22.